The van der Waals surface area contributed by atoms with Gasteiger partial charge in [-0.1, -0.05) is 26.7 Å². The van der Waals surface area contributed by atoms with Gasteiger partial charge in [-0.25, -0.2) is 0 Å². The van der Waals surface area contributed by atoms with Gasteiger partial charge < -0.3 is 10.2 Å². The van der Waals surface area contributed by atoms with E-state index in [0.717, 1.165) is 23.9 Å². The molecular weight excluding hydrogens is 232 g/mol. The van der Waals surface area contributed by atoms with Crippen LogP contribution in [0.5, 0.6) is 0 Å². The van der Waals surface area contributed by atoms with E-state index < -0.39 is 0 Å². The molecular formula is C17H34N2. The third-order valence-corrected chi connectivity index (χ3v) is 5.43. The van der Waals surface area contributed by atoms with Crippen LogP contribution in [0, 0.1) is 11.8 Å². The summed E-state index contributed by atoms with van der Waals surface area (Å²) in [6.07, 6.45) is 9.82. The molecule has 0 aromatic carbocycles. The monoisotopic (exact) mass is 266 g/mol. The number of piperidine rings is 1. The maximum atomic E-state index is 3.83. The van der Waals surface area contributed by atoms with Gasteiger partial charge in [0.05, 0.1) is 0 Å². The molecule has 1 aliphatic heterocycles. The molecule has 19 heavy (non-hydrogen) atoms. The van der Waals surface area contributed by atoms with Crippen LogP contribution >= 0.6 is 0 Å². The summed E-state index contributed by atoms with van der Waals surface area (Å²) in [5, 5.41) is 3.83. The molecule has 2 heteroatoms. The molecule has 1 aliphatic carbocycles. The molecule has 2 aliphatic rings. The summed E-state index contributed by atoms with van der Waals surface area (Å²) in [5.41, 5.74) is 0. The maximum Gasteiger partial charge on any atom is 0.00952 e. The lowest BCUT2D eigenvalue weighted by Gasteiger charge is -2.35. The molecule has 0 aromatic rings. The normalized spacial score (nSPS) is 37.4. The van der Waals surface area contributed by atoms with Crippen LogP contribution in [0.4, 0.5) is 0 Å². The van der Waals surface area contributed by atoms with Gasteiger partial charge >= 0.3 is 0 Å². The van der Waals surface area contributed by atoms with Crippen molar-refractivity contribution in [1.82, 2.24) is 10.2 Å². The lowest BCUT2D eigenvalue weighted by atomic mass is 9.80. The number of hydrogen-bond donors (Lipinski definition) is 1. The van der Waals surface area contributed by atoms with Crippen molar-refractivity contribution in [1.29, 1.82) is 0 Å². The zero-order valence-corrected chi connectivity index (χ0v) is 13.3. The van der Waals surface area contributed by atoms with Crippen molar-refractivity contribution in [3.05, 3.63) is 0 Å². The van der Waals surface area contributed by atoms with Crippen LogP contribution < -0.4 is 5.32 Å². The highest BCUT2D eigenvalue weighted by molar-refractivity contribution is 4.81. The Labute approximate surface area is 120 Å². The van der Waals surface area contributed by atoms with Gasteiger partial charge in [-0.15, -0.1) is 0 Å². The second-order valence-corrected chi connectivity index (χ2v) is 7.19. The van der Waals surface area contributed by atoms with Crippen LogP contribution in [0.15, 0.2) is 0 Å². The largest absolute Gasteiger partial charge is 0.314 e. The minimum absolute atomic E-state index is 0.780. The molecule has 2 fully saturated rings. The van der Waals surface area contributed by atoms with Crippen molar-refractivity contribution in [2.75, 3.05) is 19.6 Å². The van der Waals surface area contributed by atoms with Gasteiger partial charge in [-0.3, -0.25) is 0 Å². The molecule has 2 nitrogen and oxygen atoms in total. The van der Waals surface area contributed by atoms with Crippen LogP contribution in [0.25, 0.3) is 0 Å². The topological polar surface area (TPSA) is 15.3 Å². The Hall–Kier alpha value is -0.0800. The molecule has 1 heterocycles. The minimum atomic E-state index is 0.780. The van der Waals surface area contributed by atoms with Crippen LogP contribution in [-0.2, 0) is 0 Å². The molecule has 4 atom stereocenters. The molecule has 4 unspecified atom stereocenters. The quantitative estimate of drug-likeness (QED) is 0.764. The SMILES string of the molecule is CC1CCC(C)C(NCCCN2CCCCC2C)C1. The van der Waals surface area contributed by atoms with E-state index in [0.29, 0.717) is 0 Å². The Morgan fingerprint density at radius 1 is 1.05 bits per heavy atom. The summed E-state index contributed by atoms with van der Waals surface area (Å²) >= 11 is 0. The first kappa shape index (κ1) is 15.3. The molecule has 0 radical (unpaired) electrons. The summed E-state index contributed by atoms with van der Waals surface area (Å²) in [6.45, 7) is 11.1. The van der Waals surface area contributed by atoms with Gasteiger partial charge in [0, 0.05) is 12.1 Å². The molecule has 1 saturated carbocycles. The molecule has 2 rings (SSSR count). The Kier molecular flexibility index (Phi) is 6.15. The van der Waals surface area contributed by atoms with E-state index in [1.165, 1.54) is 64.6 Å². The summed E-state index contributed by atoms with van der Waals surface area (Å²) in [4.78, 5) is 2.69. The zero-order chi connectivity index (χ0) is 13.7. The average Bonchev–Trinajstić information content (AvgIpc) is 2.40. The van der Waals surface area contributed by atoms with E-state index in [4.69, 9.17) is 0 Å². The van der Waals surface area contributed by atoms with Crippen LogP contribution in [0.2, 0.25) is 0 Å². The van der Waals surface area contributed by atoms with E-state index in [2.05, 4.69) is 31.0 Å². The van der Waals surface area contributed by atoms with Gasteiger partial charge in [0.2, 0.25) is 0 Å². The van der Waals surface area contributed by atoms with E-state index >= 15 is 0 Å². The van der Waals surface area contributed by atoms with E-state index in [-0.39, 0.29) is 0 Å². The predicted molar refractivity (Wildman–Crippen MR) is 83.5 cm³/mol. The second-order valence-electron chi connectivity index (χ2n) is 7.19. The van der Waals surface area contributed by atoms with E-state index in [9.17, 15) is 0 Å². The summed E-state index contributed by atoms with van der Waals surface area (Å²) in [6, 6.07) is 1.60. The van der Waals surface area contributed by atoms with Crippen LogP contribution in [-0.4, -0.2) is 36.6 Å². The molecule has 112 valence electrons. The van der Waals surface area contributed by atoms with Gasteiger partial charge in [0.15, 0.2) is 0 Å². The van der Waals surface area contributed by atoms with Gasteiger partial charge in [-0.05, 0) is 70.5 Å². The highest BCUT2D eigenvalue weighted by atomic mass is 15.2. The number of rotatable bonds is 5. The molecule has 0 amide bonds. The fourth-order valence-electron chi connectivity index (χ4n) is 3.88. The number of likely N-dealkylation sites (tertiary alicyclic amines) is 1. The van der Waals surface area contributed by atoms with E-state index in [1.807, 2.05) is 0 Å². The first-order valence-electron chi connectivity index (χ1n) is 8.64. The number of nitrogens with zero attached hydrogens (tertiary/aromatic N) is 1. The Bertz CT molecular complexity index is 254. The average molecular weight is 266 g/mol. The van der Waals surface area contributed by atoms with Gasteiger partial charge in [0.25, 0.3) is 0 Å². The molecule has 1 saturated heterocycles. The summed E-state index contributed by atoms with van der Waals surface area (Å²) in [7, 11) is 0. The lowest BCUT2D eigenvalue weighted by Crippen LogP contribution is -2.42. The summed E-state index contributed by atoms with van der Waals surface area (Å²) in [5.74, 6) is 1.81. The third-order valence-electron chi connectivity index (χ3n) is 5.43. The smallest absolute Gasteiger partial charge is 0.00952 e. The number of nitrogens with one attached hydrogen (secondary N) is 1. The van der Waals surface area contributed by atoms with Gasteiger partial charge in [-0.2, -0.15) is 0 Å². The fraction of sp³-hybridized carbons (Fsp3) is 1.00. The van der Waals surface area contributed by atoms with Crippen molar-refractivity contribution < 1.29 is 0 Å². The Morgan fingerprint density at radius 3 is 2.68 bits per heavy atom. The fourth-order valence-corrected chi connectivity index (χ4v) is 3.88. The van der Waals surface area contributed by atoms with Crippen molar-refractivity contribution in [3.8, 4) is 0 Å². The van der Waals surface area contributed by atoms with Gasteiger partial charge in [0.1, 0.15) is 0 Å². The van der Waals surface area contributed by atoms with Crippen LogP contribution in [0.1, 0.15) is 65.7 Å². The number of hydrogen-bond acceptors (Lipinski definition) is 2. The third kappa shape index (κ3) is 4.75. The molecule has 0 aromatic heterocycles. The van der Waals surface area contributed by atoms with Crippen molar-refractivity contribution >= 4 is 0 Å². The Balaban J connectivity index is 1.60. The minimum Gasteiger partial charge on any atom is -0.314 e. The highest BCUT2D eigenvalue weighted by Crippen LogP contribution is 2.28. The Morgan fingerprint density at radius 2 is 1.89 bits per heavy atom. The standard InChI is InChI=1S/C17H34N2/c1-14-8-9-15(2)17(13-14)18-10-6-12-19-11-5-4-7-16(19)3/h14-18H,4-13H2,1-3H3. The van der Waals surface area contributed by atoms with E-state index in [1.54, 1.807) is 0 Å². The zero-order valence-electron chi connectivity index (χ0n) is 13.3. The van der Waals surface area contributed by atoms with Crippen LogP contribution in [0.3, 0.4) is 0 Å². The first-order chi connectivity index (χ1) is 9.16. The predicted octanol–water partition coefficient (Wildman–Crippen LogP) is 3.67. The lowest BCUT2D eigenvalue weighted by molar-refractivity contribution is 0.156. The summed E-state index contributed by atoms with van der Waals surface area (Å²) < 4.78 is 0. The van der Waals surface area contributed by atoms with Crippen molar-refractivity contribution in [2.45, 2.75) is 77.8 Å². The van der Waals surface area contributed by atoms with Crippen molar-refractivity contribution in [3.63, 3.8) is 0 Å². The highest BCUT2D eigenvalue weighted by Gasteiger charge is 2.24. The second kappa shape index (κ2) is 7.64. The maximum absolute atomic E-state index is 3.83. The molecule has 1 N–H and O–H groups in total. The first-order valence-corrected chi connectivity index (χ1v) is 8.64. The molecule has 0 spiro atoms. The molecule has 0 bridgehead atoms. The van der Waals surface area contributed by atoms with Crippen molar-refractivity contribution in [2.24, 2.45) is 11.8 Å².